The first-order valence-corrected chi connectivity index (χ1v) is 8.91. The number of nitrogens with zero attached hydrogens (tertiary/aromatic N) is 3. The molecule has 0 unspecified atom stereocenters. The van der Waals surface area contributed by atoms with Crippen molar-refractivity contribution in [2.24, 2.45) is 0 Å². The van der Waals surface area contributed by atoms with Crippen LogP contribution in [0.25, 0.3) is 5.69 Å². The molecule has 0 aliphatic heterocycles. The third-order valence-electron chi connectivity index (χ3n) is 4.87. The van der Waals surface area contributed by atoms with Gasteiger partial charge in [0.05, 0.1) is 5.69 Å². The lowest BCUT2D eigenvalue weighted by molar-refractivity contribution is 0.235. The van der Waals surface area contributed by atoms with Crippen molar-refractivity contribution < 1.29 is 4.79 Å². The minimum absolute atomic E-state index is 0.0578. The monoisotopic (exact) mass is 341 g/mol. The molecule has 1 heterocycles. The van der Waals surface area contributed by atoms with E-state index in [1.54, 1.807) is 6.20 Å². The number of hydrogen-bond donors (Lipinski definition) is 2. The van der Waals surface area contributed by atoms with E-state index in [0.29, 0.717) is 18.6 Å². The maximum Gasteiger partial charge on any atom is 0.315 e. The molecule has 134 valence electrons. The molecule has 1 aromatic carbocycles. The maximum atomic E-state index is 12.0. The fraction of sp³-hybridized carbons (Fsp3) is 0.474. The molecule has 6 nitrogen and oxygen atoms in total. The van der Waals surface area contributed by atoms with Crippen molar-refractivity contribution in [2.75, 3.05) is 20.6 Å². The van der Waals surface area contributed by atoms with Gasteiger partial charge in [-0.25, -0.2) is 9.48 Å². The number of aromatic nitrogens is 2. The Morgan fingerprint density at radius 3 is 2.72 bits per heavy atom. The molecule has 25 heavy (non-hydrogen) atoms. The smallest absolute Gasteiger partial charge is 0.315 e. The van der Waals surface area contributed by atoms with Crippen LogP contribution in [0.5, 0.6) is 0 Å². The molecule has 1 fully saturated rings. The number of carbonyl (C=O) groups is 1. The zero-order chi connectivity index (χ0) is 17.6. The van der Waals surface area contributed by atoms with Gasteiger partial charge in [-0.1, -0.05) is 12.1 Å². The Hall–Kier alpha value is -2.34. The van der Waals surface area contributed by atoms with E-state index in [-0.39, 0.29) is 6.03 Å². The summed E-state index contributed by atoms with van der Waals surface area (Å²) in [7, 11) is 4.20. The van der Waals surface area contributed by atoms with E-state index in [1.165, 1.54) is 5.56 Å². The molecule has 1 saturated carbocycles. The van der Waals surface area contributed by atoms with Gasteiger partial charge in [0.25, 0.3) is 0 Å². The average Bonchev–Trinajstić information content (AvgIpc) is 3.27. The van der Waals surface area contributed by atoms with Crippen molar-refractivity contribution in [3.8, 4) is 5.69 Å². The molecule has 0 radical (unpaired) electrons. The molecule has 1 aromatic heterocycles. The third kappa shape index (κ3) is 4.82. The van der Waals surface area contributed by atoms with Crippen LogP contribution in [-0.2, 0) is 6.42 Å². The minimum atomic E-state index is -0.0578. The van der Waals surface area contributed by atoms with Gasteiger partial charge in [0, 0.05) is 31.0 Å². The fourth-order valence-corrected chi connectivity index (χ4v) is 3.35. The zero-order valence-corrected chi connectivity index (χ0v) is 15.0. The van der Waals surface area contributed by atoms with Gasteiger partial charge in [-0.2, -0.15) is 5.10 Å². The number of amides is 2. The Kier molecular flexibility index (Phi) is 5.71. The van der Waals surface area contributed by atoms with Gasteiger partial charge < -0.3 is 15.5 Å². The van der Waals surface area contributed by atoms with Crippen molar-refractivity contribution in [2.45, 2.75) is 37.8 Å². The normalized spacial score (nSPS) is 20.0. The van der Waals surface area contributed by atoms with Crippen molar-refractivity contribution in [3.05, 3.63) is 48.3 Å². The van der Waals surface area contributed by atoms with E-state index in [2.05, 4.69) is 46.9 Å². The average molecular weight is 341 g/mol. The van der Waals surface area contributed by atoms with Crippen LogP contribution in [-0.4, -0.2) is 53.4 Å². The number of benzene rings is 1. The Bertz CT molecular complexity index is 666. The molecule has 1 aliphatic rings. The lowest BCUT2D eigenvalue weighted by atomic mass is 10.1. The van der Waals surface area contributed by atoms with E-state index >= 15 is 0 Å². The number of urea groups is 1. The molecule has 0 saturated heterocycles. The van der Waals surface area contributed by atoms with Gasteiger partial charge >= 0.3 is 6.03 Å². The first-order valence-electron chi connectivity index (χ1n) is 8.91. The van der Waals surface area contributed by atoms with Crippen molar-refractivity contribution in [3.63, 3.8) is 0 Å². The number of hydrogen-bond acceptors (Lipinski definition) is 3. The Balaban J connectivity index is 1.38. The van der Waals surface area contributed by atoms with E-state index in [1.807, 2.05) is 29.1 Å². The first-order chi connectivity index (χ1) is 12.1. The summed E-state index contributed by atoms with van der Waals surface area (Å²) in [4.78, 5) is 14.3. The summed E-state index contributed by atoms with van der Waals surface area (Å²) in [5, 5.41) is 10.3. The highest BCUT2D eigenvalue weighted by Gasteiger charge is 2.26. The Labute approximate surface area is 149 Å². The van der Waals surface area contributed by atoms with Gasteiger partial charge in [-0.15, -0.1) is 0 Å². The predicted molar refractivity (Wildman–Crippen MR) is 98.9 cm³/mol. The molecule has 3 rings (SSSR count). The lowest BCUT2D eigenvalue weighted by Gasteiger charge is -2.19. The summed E-state index contributed by atoms with van der Waals surface area (Å²) in [6.45, 7) is 0.636. The Morgan fingerprint density at radius 2 is 2.08 bits per heavy atom. The van der Waals surface area contributed by atoms with E-state index in [4.69, 9.17) is 0 Å². The molecule has 2 aromatic rings. The number of rotatable bonds is 6. The topological polar surface area (TPSA) is 62.2 Å². The van der Waals surface area contributed by atoms with Gasteiger partial charge in [0.15, 0.2) is 0 Å². The standard InChI is InChI=1S/C19H27N5O/c1-23(2)18-9-6-16(14-18)22-19(25)20-12-10-15-4-7-17(8-5-15)24-13-3-11-21-24/h3-5,7-8,11,13,16,18H,6,9-10,12,14H2,1-2H3,(H2,20,22,25)/t16-,18-/m0/s1. The van der Waals surface area contributed by atoms with Crippen LogP contribution < -0.4 is 10.6 Å². The molecule has 2 amide bonds. The van der Waals surface area contributed by atoms with Crippen LogP contribution in [0.15, 0.2) is 42.7 Å². The maximum absolute atomic E-state index is 12.0. The first kappa shape index (κ1) is 17.5. The van der Waals surface area contributed by atoms with Gasteiger partial charge in [0.1, 0.15) is 0 Å². The van der Waals surface area contributed by atoms with E-state index in [9.17, 15) is 4.79 Å². The zero-order valence-electron chi connectivity index (χ0n) is 15.0. The predicted octanol–water partition coefficient (Wildman–Crippen LogP) is 2.20. The molecule has 0 spiro atoms. The van der Waals surface area contributed by atoms with Gasteiger partial charge in [0.2, 0.25) is 0 Å². The second kappa shape index (κ2) is 8.16. The fourth-order valence-electron chi connectivity index (χ4n) is 3.35. The van der Waals surface area contributed by atoms with Crippen LogP contribution in [0.2, 0.25) is 0 Å². The summed E-state index contributed by atoms with van der Waals surface area (Å²) in [6, 6.07) is 11.0. The van der Waals surface area contributed by atoms with Crippen LogP contribution in [0.3, 0.4) is 0 Å². The van der Waals surface area contributed by atoms with Gasteiger partial charge in [-0.3, -0.25) is 0 Å². The summed E-state index contributed by atoms with van der Waals surface area (Å²) >= 11 is 0. The molecular formula is C19H27N5O. The van der Waals surface area contributed by atoms with Crippen LogP contribution >= 0.6 is 0 Å². The van der Waals surface area contributed by atoms with Crippen molar-refractivity contribution in [1.29, 1.82) is 0 Å². The quantitative estimate of drug-likeness (QED) is 0.847. The summed E-state index contributed by atoms with van der Waals surface area (Å²) in [6.07, 6.45) is 7.76. The second-order valence-electron chi connectivity index (χ2n) is 6.89. The van der Waals surface area contributed by atoms with Crippen molar-refractivity contribution >= 4 is 6.03 Å². The SMILES string of the molecule is CN(C)[C@H]1CC[C@H](NC(=O)NCCc2ccc(-n3cccn3)cc2)C1. The van der Waals surface area contributed by atoms with Crippen LogP contribution in [0, 0.1) is 0 Å². The molecule has 6 heteroatoms. The number of nitrogens with one attached hydrogen (secondary N) is 2. The lowest BCUT2D eigenvalue weighted by Crippen LogP contribution is -2.42. The van der Waals surface area contributed by atoms with Gasteiger partial charge in [-0.05, 0) is 63.5 Å². The highest BCUT2D eigenvalue weighted by Crippen LogP contribution is 2.22. The third-order valence-corrected chi connectivity index (χ3v) is 4.87. The molecular weight excluding hydrogens is 314 g/mol. The molecule has 1 aliphatic carbocycles. The summed E-state index contributed by atoms with van der Waals surface area (Å²) in [5.74, 6) is 0. The minimum Gasteiger partial charge on any atom is -0.338 e. The summed E-state index contributed by atoms with van der Waals surface area (Å²) in [5.41, 5.74) is 2.24. The highest BCUT2D eigenvalue weighted by molar-refractivity contribution is 5.74. The Morgan fingerprint density at radius 1 is 1.28 bits per heavy atom. The second-order valence-corrected chi connectivity index (χ2v) is 6.89. The van der Waals surface area contributed by atoms with Crippen LogP contribution in [0.4, 0.5) is 4.79 Å². The van der Waals surface area contributed by atoms with E-state index < -0.39 is 0 Å². The van der Waals surface area contributed by atoms with E-state index in [0.717, 1.165) is 31.4 Å². The molecule has 2 N–H and O–H groups in total. The largest absolute Gasteiger partial charge is 0.338 e. The van der Waals surface area contributed by atoms with Crippen LogP contribution in [0.1, 0.15) is 24.8 Å². The summed E-state index contributed by atoms with van der Waals surface area (Å²) < 4.78 is 1.83. The van der Waals surface area contributed by atoms with Crippen molar-refractivity contribution in [1.82, 2.24) is 25.3 Å². The number of carbonyl (C=O) groups excluding carboxylic acids is 1. The highest BCUT2D eigenvalue weighted by atomic mass is 16.2. The molecule has 2 atom stereocenters. The molecule has 0 bridgehead atoms.